The first-order chi connectivity index (χ1) is 11.6. The molecule has 25 heavy (non-hydrogen) atoms. The molecule has 0 radical (unpaired) electrons. The lowest BCUT2D eigenvalue weighted by molar-refractivity contribution is -0.156. The maximum Gasteiger partial charge on any atom is 0.161 e. The van der Waals surface area contributed by atoms with Crippen molar-refractivity contribution in [3.8, 4) is 0 Å². The quantitative estimate of drug-likeness (QED) is 0.740. The van der Waals surface area contributed by atoms with Crippen molar-refractivity contribution in [3.63, 3.8) is 0 Å². The lowest BCUT2D eigenvalue weighted by Crippen LogP contribution is -2.56. The molecule has 4 heteroatoms. The highest BCUT2D eigenvalue weighted by atomic mass is 35.5. The van der Waals surface area contributed by atoms with Gasteiger partial charge in [-0.15, -0.1) is 0 Å². The van der Waals surface area contributed by atoms with E-state index in [1.54, 1.807) is 0 Å². The van der Waals surface area contributed by atoms with Crippen LogP contribution in [-0.4, -0.2) is 27.7 Å². The van der Waals surface area contributed by atoms with Gasteiger partial charge in [-0.25, -0.2) is 0 Å². The summed E-state index contributed by atoms with van der Waals surface area (Å²) >= 11 is 6.69. The molecule has 2 N–H and O–H groups in total. The van der Waals surface area contributed by atoms with E-state index in [1.807, 2.05) is 6.08 Å². The molecule has 0 aromatic rings. The number of hydrogen-bond donors (Lipinski definition) is 2. The number of halogens is 1. The minimum Gasteiger partial charge on any atom is -0.389 e. The van der Waals surface area contributed by atoms with Crippen molar-refractivity contribution in [1.29, 1.82) is 0 Å². The second kappa shape index (κ2) is 5.43. The van der Waals surface area contributed by atoms with Crippen molar-refractivity contribution in [3.05, 3.63) is 22.8 Å². The van der Waals surface area contributed by atoms with E-state index in [-0.39, 0.29) is 16.6 Å². The predicted molar refractivity (Wildman–Crippen MR) is 98.0 cm³/mol. The van der Waals surface area contributed by atoms with Gasteiger partial charge in [0.05, 0.1) is 6.10 Å². The number of ketones is 1. The molecule has 4 aliphatic carbocycles. The molecule has 7 atom stereocenters. The topological polar surface area (TPSA) is 57.5 Å². The van der Waals surface area contributed by atoms with E-state index in [9.17, 15) is 15.0 Å². The highest BCUT2D eigenvalue weighted by Crippen LogP contribution is 2.67. The fraction of sp³-hybridized carbons (Fsp3) is 0.762. The van der Waals surface area contributed by atoms with Gasteiger partial charge in [0, 0.05) is 10.4 Å². The smallest absolute Gasteiger partial charge is 0.161 e. The van der Waals surface area contributed by atoms with Crippen molar-refractivity contribution in [2.24, 2.45) is 28.6 Å². The van der Waals surface area contributed by atoms with Crippen LogP contribution in [0.3, 0.4) is 0 Å². The maximum absolute atomic E-state index is 12.3. The number of fused-ring (bicyclic) bond motifs is 5. The Balaban J connectivity index is 1.78. The van der Waals surface area contributed by atoms with Crippen molar-refractivity contribution in [2.75, 3.05) is 0 Å². The lowest BCUT2D eigenvalue weighted by atomic mass is 9.48. The summed E-state index contributed by atoms with van der Waals surface area (Å²) in [6, 6.07) is 0. The molecule has 0 saturated heterocycles. The molecule has 3 nitrogen and oxygen atoms in total. The van der Waals surface area contributed by atoms with E-state index in [0.717, 1.165) is 42.7 Å². The van der Waals surface area contributed by atoms with E-state index in [0.29, 0.717) is 24.2 Å². The Labute approximate surface area is 155 Å². The van der Waals surface area contributed by atoms with Crippen LogP contribution in [0.5, 0.6) is 0 Å². The molecule has 2 saturated carbocycles. The number of rotatable bonds is 1. The molecular weight excluding hydrogens is 336 g/mol. The number of carbonyl (C=O) groups excluding carboxylic acids is 1. The first-order valence-corrected chi connectivity index (χ1v) is 10.0. The van der Waals surface area contributed by atoms with Crippen LogP contribution >= 0.6 is 11.6 Å². The standard InChI is InChI=1S/C21H29ClO3/c1-12(23)21(25)9-6-16-14-11-18(22)17-10-13(24)4-7-19(17,2)15(14)5-8-20(16,21)3/h10-11,13-16,24-25H,4-9H2,1-3H3. The van der Waals surface area contributed by atoms with Gasteiger partial charge in [0.2, 0.25) is 0 Å². The zero-order valence-electron chi connectivity index (χ0n) is 15.4. The zero-order valence-corrected chi connectivity index (χ0v) is 16.1. The van der Waals surface area contributed by atoms with Gasteiger partial charge in [-0.05, 0) is 74.2 Å². The van der Waals surface area contributed by atoms with Gasteiger partial charge in [0.15, 0.2) is 5.78 Å². The molecule has 0 aromatic heterocycles. The second-order valence-corrected chi connectivity index (χ2v) is 9.73. The summed E-state index contributed by atoms with van der Waals surface area (Å²) in [5.41, 5.74) is -0.450. The van der Waals surface area contributed by atoms with Crippen molar-refractivity contribution >= 4 is 17.4 Å². The number of carbonyl (C=O) groups is 1. The Morgan fingerprint density at radius 3 is 2.48 bits per heavy atom. The van der Waals surface area contributed by atoms with Gasteiger partial charge in [-0.2, -0.15) is 0 Å². The summed E-state index contributed by atoms with van der Waals surface area (Å²) in [5, 5.41) is 22.0. The summed E-state index contributed by atoms with van der Waals surface area (Å²) in [4.78, 5) is 12.3. The first-order valence-electron chi connectivity index (χ1n) is 9.65. The van der Waals surface area contributed by atoms with E-state index in [2.05, 4.69) is 19.9 Å². The SMILES string of the molecule is CC(=O)C1(O)CCC2C3C=C(Cl)C4=CC(O)CCC4(C)C3CCC21C. The number of allylic oxidation sites excluding steroid dienone is 3. The zero-order chi connectivity index (χ0) is 18.2. The highest BCUT2D eigenvalue weighted by molar-refractivity contribution is 6.32. The summed E-state index contributed by atoms with van der Waals surface area (Å²) in [7, 11) is 0. The van der Waals surface area contributed by atoms with Crippen LogP contribution in [0.2, 0.25) is 0 Å². The molecule has 2 fully saturated rings. The normalized spacial score (nSPS) is 51.8. The minimum atomic E-state index is -1.19. The first kappa shape index (κ1) is 17.8. The van der Waals surface area contributed by atoms with Crippen molar-refractivity contribution < 1.29 is 15.0 Å². The van der Waals surface area contributed by atoms with Crippen LogP contribution in [0.4, 0.5) is 0 Å². The average molecular weight is 365 g/mol. The molecule has 0 spiro atoms. The molecule has 0 amide bonds. The van der Waals surface area contributed by atoms with Gasteiger partial charge in [-0.1, -0.05) is 37.6 Å². The largest absolute Gasteiger partial charge is 0.389 e. The molecule has 4 aliphatic rings. The third kappa shape index (κ3) is 2.15. The number of aliphatic hydroxyl groups is 2. The fourth-order valence-corrected chi connectivity index (χ4v) is 7.24. The predicted octanol–water partition coefficient (Wildman–Crippen LogP) is 3.97. The van der Waals surface area contributed by atoms with E-state index < -0.39 is 11.7 Å². The monoisotopic (exact) mass is 364 g/mol. The second-order valence-electron chi connectivity index (χ2n) is 9.32. The van der Waals surface area contributed by atoms with Crippen LogP contribution in [0.25, 0.3) is 0 Å². The molecule has 7 unspecified atom stereocenters. The lowest BCUT2D eigenvalue weighted by Gasteiger charge is -2.57. The summed E-state index contributed by atoms with van der Waals surface area (Å²) in [5.74, 6) is 0.978. The molecule has 0 heterocycles. The highest BCUT2D eigenvalue weighted by Gasteiger charge is 2.65. The molecule has 0 aliphatic heterocycles. The van der Waals surface area contributed by atoms with Crippen LogP contribution in [0.1, 0.15) is 59.3 Å². The van der Waals surface area contributed by atoms with E-state index in [4.69, 9.17) is 11.6 Å². The van der Waals surface area contributed by atoms with Crippen molar-refractivity contribution in [1.82, 2.24) is 0 Å². The Bertz CT molecular complexity index is 683. The van der Waals surface area contributed by atoms with E-state index in [1.165, 1.54) is 6.92 Å². The number of hydrogen-bond acceptors (Lipinski definition) is 3. The summed E-state index contributed by atoms with van der Waals surface area (Å²) in [6.45, 7) is 5.95. The third-order valence-corrected chi connectivity index (χ3v) is 8.74. The minimum absolute atomic E-state index is 0.00596. The van der Waals surface area contributed by atoms with E-state index >= 15 is 0 Å². The Hall–Kier alpha value is -0.640. The Kier molecular flexibility index (Phi) is 3.86. The molecule has 4 rings (SSSR count). The van der Waals surface area contributed by atoms with Crippen LogP contribution in [0, 0.1) is 28.6 Å². The Morgan fingerprint density at radius 2 is 1.80 bits per heavy atom. The van der Waals surface area contributed by atoms with Gasteiger partial charge < -0.3 is 10.2 Å². The maximum atomic E-state index is 12.3. The van der Waals surface area contributed by atoms with Crippen LogP contribution < -0.4 is 0 Å². The van der Waals surface area contributed by atoms with Gasteiger partial charge in [0.25, 0.3) is 0 Å². The van der Waals surface area contributed by atoms with Gasteiger partial charge >= 0.3 is 0 Å². The number of Topliss-reactive ketones (excluding diaryl/α,β-unsaturated/α-hetero) is 1. The van der Waals surface area contributed by atoms with Gasteiger partial charge in [-0.3, -0.25) is 4.79 Å². The molecule has 0 bridgehead atoms. The summed E-state index contributed by atoms with van der Waals surface area (Å²) < 4.78 is 0. The summed E-state index contributed by atoms with van der Waals surface area (Å²) in [6.07, 6.45) is 8.79. The molecule has 138 valence electrons. The Morgan fingerprint density at radius 1 is 1.12 bits per heavy atom. The average Bonchev–Trinajstić information content (AvgIpc) is 2.83. The third-order valence-electron chi connectivity index (χ3n) is 8.41. The van der Waals surface area contributed by atoms with Gasteiger partial charge in [0.1, 0.15) is 5.60 Å². The fourth-order valence-electron chi connectivity index (χ4n) is 6.81. The van der Waals surface area contributed by atoms with Crippen LogP contribution in [0.15, 0.2) is 22.8 Å². The van der Waals surface area contributed by atoms with Crippen molar-refractivity contribution in [2.45, 2.75) is 71.0 Å². The molecule has 0 aromatic carbocycles. The molecular formula is C21H29ClO3. The number of aliphatic hydroxyl groups excluding tert-OH is 1. The van der Waals surface area contributed by atoms with Crippen LogP contribution in [-0.2, 0) is 4.79 Å².